The van der Waals surface area contributed by atoms with E-state index in [-0.39, 0.29) is 5.56 Å². The molecule has 0 aliphatic heterocycles. The highest BCUT2D eigenvalue weighted by atomic mass is 16.5. The summed E-state index contributed by atoms with van der Waals surface area (Å²) < 4.78 is 5.11. The van der Waals surface area contributed by atoms with Crippen LogP contribution in [0.1, 0.15) is 10.4 Å². The summed E-state index contributed by atoms with van der Waals surface area (Å²) in [4.78, 5) is 15.9. The summed E-state index contributed by atoms with van der Waals surface area (Å²) in [6.07, 6.45) is 0. The Morgan fingerprint density at radius 1 is 1.10 bits per heavy atom. The first-order valence-electron chi connectivity index (χ1n) is 6.44. The smallest absolute Gasteiger partial charge is 0.118 e. The largest absolute Gasteiger partial charge is 0.545 e. The van der Waals surface area contributed by atoms with Crippen LogP contribution in [0.3, 0.4) is 0 Å². The predicted molar refractivity (Wildman–Crippen MR) is 78.1 cm³/mol. The minimum atomic E-state index is -1.21. The molecule has 0 fully saturated rings. The number of nitrogens with zero attached hydrogens (tertiary/aromatic N) is 1. The maximum absolute atomic E-state index is 11.3. The molecule has 3 aromatic rings. The third-order valence-electron chi connectivity index (χ3n) is 3.32. The number of hydrogen-bond acceptors (Lipinski definition) is 4. The lowest BCUT2D eigenvalue weighted by Crippen LogP contribution is -2.22. The molecule has 0 unspecified atom stereocenters. The Balaban J connectivity index is 2.20. The zero-order chi connectivity index (χ0) is 14.8. The molecule has 0 saturated heterocycles. The average Bonchev–Trinajstić information content (AvgIpc) is 2.53. The second-order valence-electron chi connectivity index (χ2n) is 4.59. The molecular weight excluding hydrogens is 266 g/mol. The van der Waals surface area contributed by atoms with Crippen LogP contribution in [0.25, 0.3) is 22.2 Å². The van der Waals surface area contributed by atoms with Crippen LogP contribution in [0.4, 0.5) is 0 Å². The summed E-state index contributed by atoms with van der Waals surface area (Å²) in [6, 6.07) is 16.0. The highest BCUT2D eigenvalue weighted by molar-refractivity contribution is 6.02. The number of ether oxygens (including phenoxy) is 1. The average molecular weight is 278 g/mol. The fourth-order valence-electron chi connectivity index (χ4n) is 2.25. The van der Waals surface area contributed by atoms with Gasteiger partial charge in [-0.05, 0) is 36.4 Å². The van der Waals surface area contributed by atoms with E-state index in [2.05, 4.69) is 4.98 Å². The number of methoxy groups -OCH3 is 1. The Labute approximate surface area is 121 Å². The lowest BCUT2D eigenvalue weighted by molar-refractivity contribution is -0.254. The summed E-state index contributed by atoms with van der Waals surface area (Å²) >= 11 is 0. The van der Waals surface area contributed by atoms with E-state index in [0.29, 0.717) is 16.6 Å². The summed E-state index contributed by atoms with van der Waals surface area (Å²) in [7, 11) is 1.59. The molecule has 0 spiro atoms. The number of aromatic nitrogens is 1. The fourth-order valence-corrected chi connectivity index (χ4v) is 2.25. The Kier molecular flexibility index (Phi) is 3.28. The van der Waals surface area contributed by atoms with Crippen molar-refractivity contribution in [3.8, 4) is 17.0 Å². The Morgan fingerprint density at radius 3 is 2.48 bits per heavy atom. The molecule has 3 rings (SSSR count). The van der Waals surface area contributed by atoms with Crippen molar-refractivity contribution in [3.05, 3.63) is 60.2 Å². The molecule has 1 heterocycles. The quantitative estimate of drug-likeness (QED) is 0.737. The topological polar surface area (TPSA) is 62.2 Å². The predicted octanol–water partition coefficient (Wildman–Crippen LogP) is 2.27. The molecule has 4 nitrogen and oxygen atoms in total. The van der Waals surface area contributed by atoms with Gasteiger partial charge in [-0.15, -0.1) is 0 Å². The number of para-hydroxylation sites is 1. The van der Waals surface area contributed by atoms with E-state index in [0.717, 1.165) is 11.3 Å². The molecule has 0 N–H and O–H groups in total. The molecule has 21 heavy (non-hydrogen) atoms. The third kappa shape index (κ3) is 2.43. The van der Waals surface area contributed by atoms with Gasteiger partial charge in [0.25, 0.3) is 0 Å². The standard InChI is InChI=1S/C17H13NO3/c1-21-12-8-6-11(7-9-12)16-10-14(17(19)20)13-4-2-3-5-15(13)18-16/h2-10H,1H3,(H,19,20)/p-1. The molecule has 0 atom stereocenters. The van der Waals surface area contributed by atoms with E-state index in [1.165, 1.54) is 0 Å². The fraction of sp³-hybridized carbons (Fsp3) is 0.0588. The number of fused-ring (bicyclic) bond motifs is 1. The molecule has 2 aromatic carbocycles. The van der Waals surface area contributed by atoms with Gasteiger partial charge in [0.1, 0.15) is 5.75 Å². The van der Waals surface area contributed by atoms with Gasteiger partial charge in [-0.25, -0.2) is 4.98 Å². The molecule has 1 aromatic heterocycles. The van der Waals surface area contributed by atoms with Crippen molar-refractivity contribution in [2.75, 3.05) is 7.11 Å². The van der Waals surface area contributed by atoms with Crippen LogP contribution in [0.5, 0.6) is 5.75 Å². The lowest BCUT2D eigenvalue weighted by Gasteiger charge is -2.10. The molecule has 0 aliphatic rings. The maximum atomic E-state index is 11.3. The van der Waals surface area contributed by atoms with Crippen LogP contribution in [0, 0.1) is 0 Å². The maximum Gasteiger partial charge on any atom is 0.118 e. The van der Waals surface area contributed by atoms with Gasteiger partial charge in [0.2, 0.25) is 0 Å². The van der Waals surface area contributed by atoms with E-state index >= 15 is 0 Å². The number of carbonyl (C=O) groups excluding carboxylic acids is 1. The summed E-state index contributed by atoms with van der Waals surface area (Å²) in [6.45, 7) is 0. The molecule has 0 bridgehead atoms. The molecule has 104 valence electrons. The minimum Gasteiger partial charge on any atom is -0.545 e. The normalized spacial score (nSPS) is 10.5. The summed E-state index contributed by atoms with van der Waals surface area (Å²) in [5.74, 6) is -0.469. The van der Waals surface area contributed by atoms with E-state index in [9.17, 15) is 9.90 Å². The molecule has 0 saturated carbocycles. The summed E-state index contributed by atoms with van der Waals surface area (Å²) in [5, 5.41) is 11.9. The Bertz CT molecular complexity index is 810. The van der Waals surface area contributed by atoms with Gasteiger partial charge in [0.15, 0.2) is 0 Å². The van der Waals surface area contributed by atoms with Crippen molar-refractivity contribution in [1.82, 2.24) is 4.98 Å². The number of benzene rings is 2. The SMILES string of the molecule is COc1ccc(-c2cc(C(=O)[O-])c3ccccc3n2)cc1. The van der Waals surface area contributed by atoms with Gasteiger partial charge in [-0.1, -0.05) is 18.2 Å². The van der Waals surface area contributed by atoms with Crippen LogP contribution in [0.15, 0.2) is 54.6 Å². The number of carboxylic acids is 1. The molecule has 0 aliphatic carbocycles. The van der Waals surface area contributed by atoms with Gasteiger partial charge < -0.3 is 14.6 Å². The van der Waals surface area contributed by atoms with Crippen molar-refractivity contribution in [3.63, 3.8) is 0 Å². The molecular formula is C17H12NO3-. The highest BCUT2D eigenvalue weighted by Gasteiger charge is 2.08. The third-order valence-corrected chi connectivity index (χ3v) is 3.32. The van der Waals surface area contributed by atoms with Gasteiger partial charge in [-0.3, -0.25) is 0 Å². The van der Waals surface area contributed by atoms with Gasteiger partial charge in [0, 0.05) is 16.5 Å². The van der Waals surface area contributed by atoms with Gasteiger partial charge >= 0.3 is 0 Å². The number of rotatable bonds is 3. The van der Waals surface area contributed by atoms with Crippen LogP contribution < -0.4 is 9.84 Å². The first-order valence-corrected chi connectivity index (χ1v) is 6.44. The van der Waals surface area contributed by atoms with E-state index in [1.807, 2.05) is 30.3 Å². The minimum absolute atomic E-state index is 0.145. The zero-order valence-electron chi connectivity index (χ0n) is 11.4. The van der Waals surface area contributed by atoms with Crippen molar-refractivity contribution >= 4 is 16.9 Å². The molecule has 4 heteroatoms. The number of aromatic carboxylic acids is 1. The van der Waals surface area contributed by atoms with Crippen molar-refractivity contribution in [2.45, 2.75) is 0 Å². The first kappa shape index (κ1) is 13.1. The number of hydrogen-bond donors (Lipinski definition) is 0. The number of carbonyl (C=O) groups is 1. The van der Waals surface area contributed by atoms with Crippen LogP contribution in [0.2, 0.25) is 0 Å². The van der Waals surface area contributed by atoms with Crippen molar-refractivity contribution in [1.29, 1.82) is 0 Å². The van der Waals surface area contributed by atoms with Crippen LogP contribution in [-0.4, -0.2) is 18.1 Å². The first-order chi connectivity index (χ1) is 10.2. The van der Waals surface area contributed by atoms with E-state index in [4.69, 9.17) is 4.74 Å². The van der Waals surface area contributed by atoms with Crippen molar-refractivity contribution in [2.24, 2.45) is 0 Å². The zero-order valence-corrected chi connectivity index (χ0v) is 11.4. The van der Waals surface area contributed by atoms with Crippen LogP contribution >= 0.6 is 0 Å². The Hall–Kier alpha value is -2.88. The highest BCUT2D eigenvalue weighted by Crippen LogP contribution is 2.25. The van der Waals surface area contributed by atoms with Crippen LogP contribution in [-0.2, 0) is 0 Å². The second kappa shape index (κ2) is 5.25. The van der Waals surface area contributed by atoms with Gasteiger partial charge in [-0.2, -0.15) is 0 Å². The number of carboxylic acid groups (broad SMARTS) is 1. The molecule has 0 amide bonds. The van der Waals surface area contributed by atoms with Crippen molar-refractivity contribution < 1.29 is 14.6 Å². The van der Waals surface area contributed by atoms with E-state index < -0.39 is 5.97 Å². The second-order valence-corrected chi connectivity index (χ2v) is 4.59. The number of pyridine rings is 1. The Morgan fingerprint density at radius 2 is 1.81 bits per heavy atom. The monoisotopic (exact) mass is 278 g/mol. The van der Waals surface area contributed by atoms with E-state index in [1.54, 1.807) is 31.4 Å². The molecule has 0 radical (unpaired) electrons. The van der Waals surface area contributed by atoms with Gasteiger partial charge in [0.05, 0.1) is 24.3 Å². The lowest BCUT2D eigenvalue weighted by atomic mass is 10.0. The summed E-state index contributed by atoms with van der Waals surface area (Å²) in [5.41, 5.74) is 2.19.